The first-order valence-corrected chi connectivity index (χ1v) is 8.66. The van der Waals surface area contributed by atoms with E-state index in [-0.39, 0.29) is 6.61 Å². The van der Waals surface area contributed by atoms with Gasteiger partial charge in [-0.25, -0.2) is 0 Å². The van der Waals surface area contributed by atoms with Gasteiger partial charge in [-0.1, -0.05) is 41.5 Å². The number of hydrogen-bond donors (Lipinski definition) is 2. The van der Waals surface area contributed by atoms with Crippen LogP contribution in [0.15, 0.2) is 77.9 Å². The maximum absolute atomic E-state index is 8.85. The quantitative estimate of drug-likeness (QED) is 0.589. The van der Waals surface area contributed by atoms with Gasteiger partial charge in [0.25, 0.3) is 0 Å². The van der Waals surface area contributed by atoms with Gasteiger partial charge in [-0.2, -0.15) is 0 Å². The van der Waals surface area contributed by atoms with Crippen molar-refractivity contribution in [3.05, 3.63) is 77.9 Å². The Morgan fingerprint density at radius 2 is 1.60 bits per heavy atom. The van der Waals surface area contributed by atoms with Crippen LogP contribution >= 0.6 is 0 Å². The van der Waals surface area contributed by atoms with E-state index in [0.717, 1.165) is 36.6 Å². The minimum absolute atomic E-state index is 0.125. The van der Waals surface area contributed by atoms with E-state index in [0.29, 0.717) is 0 Å². The van der Waals surface area contributed by atoms with Gasteiger partial charge in [0.1, 0.15) is 11.5 Å². The van der Waals surface area contributed by atoms with Crippen LogP contribution in [0.25, 0.3) is 0 Å². The zero-order valence-electron chi connectivity index (χ0n) is 15.0. The molecule has 0 bridgehead atoms. The Morgan fingerprint density at radius 1 is 0.920 bits per heavy atom. The van der Waals surface area contributed by atoms with Crippen LogP contribution < -0.4 is 10.1 Å². The molecular formula is C22H27NO2. The molecule has 3 heteroatoms. The molecule has 0 unspecified atom stereocenters. The predicted molar refractivity (Wildman–Crippen MR) is 105 cm³/mol. The second kappa shape index (κ2) is 10.4. The summed E-state index contributed by atoms with van der Waals surface area (Å²) < 4.78 is 5.79. The van der Waals surface area contributed by atoms with Crippen molar-refractivity contribution in [3.63, 3.8) is 0 Å². The number of para-hydroxylation sites is 1. The molecule has 0 aliphatic carbocycles. The Balaban J connectivity index is 1.78. The number of nitrogens with one attached hydrogen (secondary N) is 1. The predicted octanol–water partition coefficient (Wildman–Crippen LogP) is 5.56. The fraction of sp³-hybridized carbons (Fsp3) is 0.273. The molecule has 132 valence electrons. The topological polar surface area (TPSA) is 41.5 Å². The van der Waals surface area contributed by atoms with Gasteiger partial charge in [0.05, 0.1) is 6.61 Å². The van der Waals surface area contributed by atoms with E-state index < -0.39 is 0 Å². The molecule has 0 spiro atoms. The van der Waals surface area contributed by atoms with E-state index in [1.807, 2.05) is 60.7 Å². The highest BCUT2D eigenvalue weighted by Gasteiger charge is 1.98. The lowest BCUT2D eigenvalue weighted by molar-refractivity contribution is 0.341. The Labute approximate surface area is 150 Å². The number of allylic oxidation sites excluding steroid dienone is 2. The van der Waals surface area contributed by atoms with Crippen molar-refractivity contribution in [1.29, 1.82) is 0 Å². The third-order valence-electron chi connectivity index (χ3n) is 3.88. The molecular weight excluding hydrogens is 310 g/mol. The highest BCUT2D eigenvalue weighted by molar-refractivity contribution is 5.48. The zero-order chi connectivity index (χ0) is 17.9. The van der Waals surface area contributed by atoms with Crippen LogP contribution in [-0.2, 0) is 0 Å². The van der Waals surface area contributed by atoms with Crippen LogP contribution in [0.1, 0.15) is 26.7 Å². The van der Waals surface area contributed by atoms with E-state index in [1.165, 1.54) is 11.1 Å². The smallest absolute Gasteiger partial charge is 0.127 e. The van der Waals surface area contributed by atoms with Gasteiger partial charge in [0.15, 0.2) is 0 Å². The molecule has 3 nitrogen and oxygen atoms in total. The fourth-order valence-electron chi connectivity index (χ4n) is 2.38. The molecule has 2 aromatic rings. The molecule has 0 fully saturated rings. The Kier molecular flexibility index (Phi) is 7.80. The number of benzene rings is 2. The number of hydrogen-bond acceptors (Lipinski definition) is 3. The number of rotatable bonds is 9. The molecule has 0 radical (unpaired) electrons. The van der Waals surface area contributed by atoms with Crippen molar-refractivity contribution in [2.24, 2.45) is 0 Å². The van der Waals surface area contributed by atoms with Crippen LogP contribution in [0.4, 0.5) is 5.69 Å². The molecule has 0 aromatic heterocycles. The van der Waals surface area contributed by atoms with Gasteiger partial charge in [0, 0.05) is 12.2 Å². The first kappa shape index (κ1) is 18.8. The van der Waals surface area contributed by atoms with Crippen LogP contribution in [0.5, 0.6) is 11.5 Å². The lowest BCUT2D eigenvalue weighted by Gasteiger charge is -2.09. The lowest BCUT2D eigenvalue weighted by Crippen LogP contribution is -2.02. The van der Waals surface area contributed by atoms with E-state index in [1.54, 1.807) is 0 Å². The number of ether oxygens (including phenoxy) is 1. The SMILES string of the molecule is C/C(=C\CO)CC/C=C(\C)CNc1ccc(Oc2ccccc2)cc1. The average Bonchev–Trinajstić information content (AvgIpc) is 2.62. The van der Waals surface area contributed by atoms with Crippen LogP contribution in [0, 0.1) is 0 Å². The highest BCUT2D eigenvalue weighted by atomic mass is 16.5. The summed E-state index contributed by atoms with van der Waals surface area (Å²) in [5, 5.41) is 12.3. The number of anilines is 1. The van der Waals surface area contributed by atoms with Crippen molar-refractivity contribution in [3.8, 4) is 11.5 Å². The summed E-state index contributed by atoms with van der Waals surface area (Å²) in [7, 11) is 0. The monoisotopic (exact) mass is 337 g/mol. The van der Waals surface area contributed by atoms with E-state index in [9.17, 15) is 0 Å². The lowest BCUT2D eigenvalue weighted by atomic mass is 10.1. The second-order valence-corrected chi connectivity index (χ2v) is 6.12. The maximum Gasteiger partial charge on any atom is 0.127 e. The first-order valence-electron chi connectivity index (χ1n) is 8.66. The van der Waals surface area contributed by atoms with Crippen molar-refractivity contribution >= 4 is 5.69 Å². The molecule has 0 amide bonds. The normalized spacial score (nSPS) is 12.1. The molecule has 0 aliphatic rings. The van der Waals surface area contributed by atoms with E-state index in [2.05, 4.69) is 25.2 Å². The van der Waals surface area contributed by atoms with Gasteiger partial charge in [-0.15, -0.1) is 0 Å². The minimum Gasteiger partial charge on any atom is -0.457 e. The minimum atomic E-state index is 0.125. The molecule has 25 heavy (non-hydrogen) atoms. The van der Waals surface area contributed by atoms with Gasteiger partial charge in [-0.05, 0) is 63.1 Å². The number of aliphatic hydroxyl groups excluding tert-OH is 1. The molecule has 0 atom stereocenters. The van der Waals surface area contributed by atoms with Crippen molar-refractivity contribution in [2.45, 2.75) is 26.7 Å². The standard InChI is InChI=1S/C22H27NO2/c1-18(15-16-24)7-6-8-19(2)17-23-20-11-13-22(14-12-20)25-21-9-4-3-5-10-21/h3-5,8-15,23-24H,6-7,16-17H2,1-2H3/b18-15+,19-8+. The largest absolute Gasteiger partial charge is 0.457 e. The second-order valence-electron chi connectivity index (χ2n) is 6.12. The maximum atomic E-state index is 8.85. The third-order valence-corrected chi connectivity index (χ3v) is 3.88. The van der Waals surface area contributed by atoms with Crippen molar-refractivity contribution in [1.82, 2.24) is 0 Å². The summed E-state index contributed by atoms with van der Waals surface area (Å²) in [6, 6.07) is 17.8. The van der Waals surface area contributed by atoms with Gasteiger partial charge < -0.3 is 15.2 Å². The van der Waals surface area contributed by atoms with E-state index in [4.69, 9.17) is 9.84 Å². The Hall–Kier alpha value is -2.52. The summed E-state index contributed by atoms with van der Waals surface area (Å²) in [6.07, 6.45) is 6.10. The fourth-order valence-corrected chi connectivity index (χ4v) is 2.38. The van der Waals surface area contributed by atoms with E-state index >= 15 is 0 Å². The molecule has 2 aromatic carbocycles. The first-order chi connectivity index (χ1) is 12.2. The summed E-state index contributed by atoms with van der Waals surface area (Å²) in [6.45, 7) is 5.13. The average molecular weight is 337 g/mol. The van der Waals surface area contributed by atoms with Crippen molar-refractivity contribution in [2.75, 3.05) is 18.5 Å². The molecule has 0 heterocycles. The molecule has 0 aliphatic heterocycles. The zero-order valence-corrected chi connectivity index (χ0v) is 15.0. The van der Waals surface area contributed by atoms with Crippen LogP contribution in [0.3, 0.4) is 0 Å². The summed E-state index contributed by atoms with van der Waals surface area (Å²) >= 11 is 0. The van der Waals surface area contributed by atoms with Crippen LogP contribution in [0.2, 0.25) is 0 Å². The molecule has 2 rings (SSSR count). The van der Waals surface area contributed by atoms with Crippen LogP contribution in [-0.4, -0.2) is 18.3 Å². The summed E-state index contributed by atoms with van der Waals surface area (Å²) in [5.41, 5.74) is 3.61. The van der Waals surface area contributed by atoms with Crippen molar-refractivity contribution < 1.29 is 9.84 Å². The number of aliphatic hydroxyl groups is 1. The van der Waals surface area contributed by atoms with Gasteiger partial charge in [-0.3, -0.25) is 0 Å². The molecule has 2 N–H and O–H groups in total. The summed E-state index contributed by atoms with van der Waals surface area (Å²) in [5.74, 6) is 1.67. The third kappa shape index (κ3) is 7.27. The van der Waals surface area contributed by atoms with Gasteiger partial charge in [0.2, 0.25) is 0 Å². The molecule has 0 saturated carbocycles. The Morgan fingerprint density at radius 3 is 2.28 bits per heavy atom. The van der Waals surface area contributed by atoms with Gasteiger partial charge >= 0.3 is 0 Å². The summed E-state index contributed by atoms with van der Waals surface area (Å²) in [4.78, 5) is 0. The Bertz CT molecular complexity index is 688. The molecule has 0 saturated heterocycles. The highest BCUT2D eigenvalue weighted by Crippen LogP contribution is 2.22.